The molecule has 0 spiro atoms. The van der Waals surface area contributed by atoms with Gasteiger partial charge in [0.2, 0.25) is 5.91 Å². The fourth-order valence-corrected chi connectivity index (χ4v) is 3.17. The number of hydrogen-bond acceptors (Lipinski definition) is 4. The largest absolute Gasteiger partial charge is 0.467 e. The van der Waals surface area contributed by atoms with Crippen molar-refractivity contribution in [1.29, 1.82) is 0 Å². The van der Waals surface area contributed by atoms with Crippen LogP contribution in [0.2, 0.25) is 0 Å². The zero-order chi connectivity index (χ0) is 16.9. The Hall–Kier alpha value is -2.60. The highest BCUT2D eigenvalue weighted by atomic mass is 32.1. The Morgan fingerprint density at radius 1 is 1.42 bits per heavy atom. The molecule has 6 heteroatoms. The molecular formula is C18H19N3O2S. The average Bonchev–Trinajstić information content (AvgIpc) is 3.29. The molecule has 0 aromatic carbocycles. The van der Waals surface area contributed by atoms with Gasteiger partial charge < -0.3 is 9.73 Å². The number of aryl methyl sites for hydroxylation is 2. The summed E-state index contributed by atoms with van der Waals surface area (Å²) >= 11 is 1.59. The fraction of sp³-hybridized carbons (Fsp3) is 0.222. The number of thiophene rings is 1. The van der Waals surface area contributed by atoms with Crippen LogP contribution in [0.5, 0.6) is 0 Å². The Labute approximate surface area is 144 Å². The van der Waals surface area contributed by atoms with Crippen LogP contribution in [-0.2, 0) is 4.79 Å². The van der Waals surface area contributed by atoms with Gasteiger partial charge in [0.25, 0.3) is 0 Å². The van der Waals surface area contributed by atoms with Crippen LogP contribution in [0.25, 0.3) is 6.08 Å². The zero-order valence-corrected chi connectivity index (χ0v) is 14.4. The predicted molar refractivity (Wildman–Crippen MR) is 94.9 cm³/mol. The molecule has 0 aliphatic heterocycles. The SMILES string of the molecule is Cc1cc(C)n([C@H](CNC(=O)/C=C/c2cccs2)c2ccco2)n1. The van der Waals surface area contributed by atoms with Crippen molar-refractivity contribution in [2.45, 2.75) is 19.9 Å². The molecule has 1 atom stereocenters. The van der Waals surface area contributed by atoms with Crippen molar-refractivity contribution >= 4 is 23.3 Å². The van der Waals surface area contributed by atoms with E-state index in [2.05, 4.69) is 10.4 Å². The van der Waals surface area contributed by atoms with Crippen LogP contribution in [0.15, 0.2) is 52.5 Å². The molecular weight excluding hydrogens is 322 g/mol. The number of nitrogens with one attached hydrogen (secondary N) is 1. The summed E-state index contributed by atoms with van der Waals surface area (Å²) in [7, 11) is 0. The van der Waals surface area contributed by atoms with Crippen LogP contribution in [0, 0.1) is 13.8 Å². The van der Waals surface area contributed by atoms with Crippen LogP contribution in [-0.4, -0.2) is 22.2 Å². The van der Waals surface area contributed by atoms with Gasteiger partial charge in [0.05, 0.1) is 12.0 Å². The van der Waals surface area contributed by atoms with Gasteiger partial charge >= 0.3 is 0 Å². The van der Waals surface area contributed by atoms with Crippen molar-refractivity contribution in [2.75, 3.05) is 6.54 Å². The maximum absolute atomic E-state index is 12.1. The van der Waals surface area contributed by atoms with Crippen molar-refractivity contribution < 1.29 is 9.21 Å². The summed E-state index contributed by atoms with van der Waals surface area (Å²) in [4.78, 5) is 13.1. The van der Waals surface area contributed by atoms with Gasteiger partial charge in [0.1, 0.15) is 11.8 Å². The lowest BCUT2D eigenvalue weighted by Crippen LogP contribution is -2.31. The number of hydrogen-bond donors (Lipinski definition) is 1. The molecule has 1 N–H and O–H groups in total. The van der Waals surface area contributed by atoms with Crippen LogP contribution >= 0.6 is 11.3 Å². The molecule has 0 aliphatic rings. The van der Waals surface area contributed by atoms with E-state index in [1.807, 2.05) is 60.3 Å². The number of carbonyl (C=O) groups is 1. The normalized spacial score (nSPS) is 12.6. The summed E-state index contributed by atoms with van der Waals surface area (Å²) in [6.07, 6.45) is 4.99. The Kier molecular flexibility index (Phi) is 4.96. The van der Waals surface area contributed by atoms with Crippen LogP contribution in [0.3, 0.4) is 0 Å². The maximum atomic E-state index is 12.1. The first-order valence-electron chi connectivity index (χ1n) is 7.69. The molecule has 0 radical (unpaired) electrons. The van der Waals surface area contributed by atoms with Crippen molar-refractivity contribution in [2.24, 2.45) is 0 Å². The van der Waals surface area contributed by atoms with E-state index in [9.17, 15) is 4.79 Å². The Bertz CT molecular complexity index is 817. The van der Waals surface area contributed by atoms with Crippen molar-refractivity contribution in [3.05, 3.63) is 70.1 Å². The Morgan fingerprint density at radius 3 is 2.92 bits per heavy atom. The second-order valence-electron chi connectivity index (χ2n) is 5.50. The van der Waals surface area contributed by atoms with E-state index in [0.29, 0.717) is 6.54 Å². The summed E-state index contributed by atoms with van der Waals surface area (Å²) in [5.41, 5.74) is 1.96. The molecule has 3 heterocycles. The number of carbonyl (C=O) groups excluding carboxylic acids is 1. The molecule has 3 aromatic rings. The van der Waals surface area contributed by atoms with E-state index in [1.54, 1.807) is 23.7 Å². The van der Waals surface area contributed by atoms with E-state index in [-0.39, 0.29) is 11.9 Å². The number of rotatable bonds is 6. The number of amides is 1. The van der Waals surface area contributed by atoms with Crippen molar-refractivity contribution in [3.63, 3.8) is 0 Å². The molecule has 24 heavy (non-hydrogen) atoms. The summed E-state index contributed by atoms with van der Waals surface area (Å²) < 4.78 is 7.42. The second kappa shape index (κ2) is 7.31. The number of aromatic nitrogens is 2. The Balaban J connectivity index is 1.71. The first-order chi connectivity index (χ1) is 11.6. The molecule has 0 aliphatic carbocycles. The smallest absolute Gasteiger partial charge is 0.244 e. The quantitative estimate of drug-likeness (QED) is 0.697. The molecule has 0 bridgehead atoms. The summed E-state index contributed by atoms with van der Waals surface area (Å²) in [5.74, 6) is 0.630. The van der Waals surface area contributed by atoms with Gasteiger partial charge in [-0.3, -0.25) is 9.48 Å². The van der Waals surface area contributed by atoms with E-state index < -0.39 is 0 Å². The van der Waals surface area contributed by atoms with Gasteiger partial charge in [-0.15, -0.1) is 11.3 Å². The molecule has 0 saturated carbocycles. The molecule has 5 nitrogen and oxygen atoms in total. The van der Waals surface area contributed by atoms with Gasteiger partial charge in [0.15, 0.2) is 0 Å². The van der Waals surface area contributed by atoms with E-state index in [0.717, 1.165) is 22.0 Å². The molecule has 0 fully saturated rings. The predicted octanol–water partition coefficient (Wildman–Crippen LogP) is 3.57. The monoisotopic (exact) mass is 341 g/mol. The number of nitrogens with zero attached hydrogens (tertiary/aromatic N) is 2. The molecule has 3 rings (SSSR count). The minimum absolute atomic E-state index is 0.138. The van der Waals surface area contributed by atoms with Gasteiger partial charge in [-0.2, -0.15) is 5.10 Å². The highest BCUT2D eigenvalue weighted by Gasteiger charge is 2.20. The highest BCUT2D eigenvalue weighted by Crippen LogP contribution is 2.20. The first-order valence-corrected chi connectivity index (χ1v) is 8.57. The van der Waals surface area contributed by atoms with Gasteiger partial charge in [0, 0.05) is 23.2 Å². The minimum atomic E-state index is -0.173. The van der Waals surface area contributed by atoms with Crippen LogP contribution < -0.4 is 5.32 Å². The average molecular weight is 341 g/mol. The highest BCUT2D eigenvalue weighted by molar-refractivity contribution is 7.10. The number of furan rings is 1. The van der Waals surface area contributed by atoms with E-state index >= 15 is 0 Å². The summed E-state index contributed by atoms with van der Waals surface area (Å²) in [5, 5.41) is 9.43. The van der Waals surface area contributed by atoms with Crippen LogP contribution in [0.4, 0.5) is 0 Å². The van der Waals surface area contributed by atoms with Gasteiger partial charge in [-0.05, 0) is 49.6 Å². The van der Waals surface area contributed by atoms with Crippen LogP contribution in [0.1, 0.15) is 28.1 Å². The second-order valence-corrected chi connectivity index (χ2v) is 6.48. The molecule has 1 amide bonds. The molecule has 124 valence electrons. The third kappa shape index (κ3) is 3.83. The van der Waals surface area contributed by atoms with Crippen molar-refractivity contribution in [3.8, 4) is 0 Å². The Morgan fingerprint density at radius 2 is 2.29 bits per heavy atom. The lowest BCUT2D eigenvalue weighted by molar-refractivity contribution is -0.116. The molecule has 0 saturated heterocycles. The van der Waals surface area contributed by atoms with Gasteiger partial charge in [-0.25, -0.2) is 0 Å². The summed E-state index contributed by atoms with van der Waals surface area (Å²) in [6.45, 7) is 4.35. The molecule has 3 aromatic heterocycles. The van der Waals surface area contributed by atoms with Crippen molar-refractivity contribution in [1.82, 2.24) is 15.1 Å². The van der Waals surface area contributed by atoms with E-state index in [1.165, 1.54) is 0 Å². The zero-order valence-electron chi connectivity index (χ0n) is 13.6. The third-order valence-corrected chi connectivity index (χ3v) is 4.46. The lowest BCUT2D eigenvalue weighted by Gasteiger charge is -2.17. The lowest BCUT2D eigenvalue weighted by atomic mass is 10.2. The fourth-order valence-electron chi connectivity index (χ4n) is 2.55. The maximum Gasteiger partial charge on any atom is 0.244 e. The topological polar surface area (TPSA) is 60.1 Å². The summed E-state index contributed by atoms with van der Waals surface area (Å²) in [6, 6.07) is 9.50. The third-order valence-electron chi connectivity index (χ3n) is 3.62. The standard InChI is InChI=1S/C18H19N3O2S/c1-13-11-14(2)21(20-13)16(17-6-3-9-23-17)12-19-18(22)8-7-15-5-4-10-24-15/h3-11,16H,12H2,1-2H3,(H,19,22)/b8-7+/t16-/m1/s1. The van der Waals surface area contributed by atoms with E-state index in [4.69, 9.17) is 4.42 Å². The first kappa shape index (κ1) is 16.3. The van der Waals surface area contributed by atoms with Gasteiger partial charge in [-0.1, -0.05) is 6.07 Å². The minimum Gasteiger partial charge on any atom is -0.467 e. The molecule has 0 unspecified atom stereocenters.